The number of piperidine rings is 1. The number of aryl methyl sites for hydroxylation is 1. The van der Waals surface area contributed by atoms with Gasteiger partial charge in [-0.15, -0.1) is 0 Å². The van der Waals surface area contributed by atoms with E-state index in [1.165, 1.54) is 18.4 Å². The number of hydrogen-bond donors (Lipinski definition) is 2. The molecule has 0 saturated carbocycles. The Morgan fingerprint density at radius 1 is 1.08 bits per heavy atom. The molecule has 4 rings (SSSR count). The van der Waals surface area contributed by atoms with Gasteiger partial charge in [-0.3, -0.25) is 0 Å². The summed E-state index contributed by atoms with van der Waals surface area (Å²) >= 11 is 0. The lowest BCUT2D eigenvalue weighted by Gasteiger charge is -2.29. The average molecular weight is 332 g/mol. The largest absolute Gasteiger partial charge is 0.387 e. The van der Waals surface area contributed by atoms with E-state index in [4.69, 9.17) is 4.98 Å². The third-order valence-corrected chi connectivity index (χ3v) is 5.14. The smallest absolute Gasteiger partial charge is 0.0950 e. The molecule has 0 bridgehead atoms. The Kier molecular flexibility index (Phi) is 4.51. The van der Waals surface area contributed by atoms with Crippen LogP contribution in [0.1, 0.15) is 36.5 Å². The monoisotopic (exact) mass is 332 g/mol. The van der Waals surface area contributed by atoms with Crippen LogP contribution in [0.15, 0.2) is 54.6 Å². The van der Waals surface area contributed by atoms with E-state index in [-0.39, 0.29) is 6.04 Å². The summed E-state index contributed by atoms with van der Waals surface area (Å²) < 4.78 is 0. The lowest BCUT2D eigenvalue weighted by molar-refractivity contribution is 0.115. The van der Waals surface area contributed by atoms with E-state index < -0.39 is 6.10 Å². The number of benzene rings is 2. The molecule has 0 amide bonds. The molecule has 25 heavy (non-hydrogen) atoms. The number of pyridine rings is 1. The molecule has 3 aromatic rings. The molecule has 2 N–H and O–H groups in total. The highest BCUT2D eigenvalue weighted by molar-refractivity contribution is 5.85. The Morgan fingerprint density at radius 2 is 1.88 bits per heavy atom. The van der Waals surface area contributed by atoms with Crippen molar-refractivity contribution in [3.63, 3.8) is 0 Å². The average Bonchev–Trinajstić information content (AvgIpc) is 2.68. The number of aromatic nitrogens is 1. The van der Waals surface area contributed by atoms with Crippen molar-refractivity contribution in [2.45, 2.75) is 38.3 Å². The molecule has 0 radical (unpaired) electrons. The number of aliphatic hydroxyl groups excluding tert-OH is 1. The van der Waals surface area contributed by atoms with Crippen LogP contribution in [-0.4, -0.2) is 22.7 Å². The molecule has 0 aliphatic carbocycles. The Hall–Kier alpha value is -2.23. The van der Waals surface area contributed by atoms with E-state index in [1.807, 2.05) is 18.2 Å². The van der Waals surface area contributed by atoms with Gasteiger partial charge in [-0.2, -0.15) is 0 Å². The van der Waals surface area contributed by atoms with Crippen molar-refractivity contribution in [1.82, 2.24) is 10.3 Å². The fraction of sp³-hybridized carbons (Fsp3) is 0.318. The maximum absolute atomic E-state index is 11.1. The van der Waals surface area contributed by atoms with E-state index in [0.717, 1.165) is 40.7 Å². The van der Waals surface area contributed by atoms with Gasteiger partial charge in [0.15, 0.2) is 0 Å². The van der Waals surface area contributed by atoms with Gasteiger partial charge in [0.2, 0.25) is 0 Å². The standard InChI is InChI=1S/C22H24N2O/c1-15-9-11-16(12-10-15)21-14-18(17-6-2-3-7-19(17)24-21)22(25)20-8-4-5-13-23-20/h2-3,6-7,9-12,14,20,22-23,25H,4-5,8,13H2,1H3/t20-,22-/m1/s1. The zero-order valence-electron chi connectivity index (χ0n) is 14.6. The van der Waals surface area contributed by atoms with Crippen molar-refractivity contribution in [1.29, 1.82) is 0 Å². The number of nitrogens with one attached hydrogen (secondary N) is 1. The molecule has 2 atom stereocenters. The van der Waals surface area contributed by atoms with Crippen LogP contribution in [0, 0.1) is 6.92 Å². The molecule has 2 aromatic carbocycles. The lowest BCUT2D eigenvalue weighted by Crippen LogP contribution is -2.38. The molecule has 3 nitrogen and oxygen atoms in total. The summed E-state index contributed by atoms with van der Waals surface area (Å²) in [5.41, 5.74) is 5.15. The van der Waals surface area contributed by atoms with Crippen molar-refractivity contribution in [2.75, 3.05) is 6.54 Å². The van der Waals surface area contributed by atoms with Gasteiger partial charge in [0.25, 0.3) is 0 Å². The summed E-state index contributed by atoms with van der Waals surface area (Å²) in [6.45, 7) is 3.07. The molecule has 1 aliphatic heterocycles. The van der Waals surface area contributed by atoms with Crippen molar-refractivity contribution < 1.29 is 5.11 Å². The summed E-state index contributed by atoms with van der Waals surface area (Å²) in [4.78, 5) is 4.83. The number of fused-ring (bicyclic) bond motifs is 1. The summed E-state index contributed by atoms with van der Waals surface area (Å²) in [6.07, 6.45) is 2.85. The molecular formula is C22H24N2O. The van der Waals surface area contributed by atoms with Gasteiger partial charge in [0.1, 0.15) is 0 Å². The molecule has 128 valence electrons. The number of aliphatic hydroxyl groups is 1. The Balaban J connectivity index is 1.82. The van der Waals surface area contributed by atoms with Crippen LogP contribution >= 0.6 is 0 Å². The van der Waals surface area contributed by atoms with Gasteiger partial charge < -0.3 is 10.4 Å². The minimum absolute atomic E-state index is 0.116. The predicted molar refractivity (Wildman–Crippen MR) is 103 cm³/mol. The third-order valence-electron chi connectivity index (χ3n) is 5.14. The zero-order valence-corrected chi connectivity index (χ0v) is 14.6. The summed E-state index contributed by atoms with van der Waals surface area (Å²) in [5, 5.41) is 15.6. The second kappa shape index (κ2) is 6.95. The molecule has 1 saturated heterocycles. The van der Waals surface area contributed by atoms with Crippen molar-refractivity contribution in [3.8, 4) is 11.3 Å². The lowest BCUT2D eigenvalue weighted by atomic mass is 9.92. The predicted octanol–water partition coefficient (Wildman–Crippen LogP) is 4.39. The van der Waals surface area contributed by atoms with E-state index >= 15 is 0 Å². The fourth-order valence-corrected chi connectivity index (χ4v) is 3.68. The van der Waals surface area contributed by atoms with Crippen molar-refractivity contribution >= 4 is 10.9 Å². The molecular weight excluding hydrogens is 308 g/mol. The van der Waals surface area contributed by atoms with Crippen molar-refractivity contribution in [2.24, 2.45) is 0 Å². The molecule has 0 spiro atoms. The van der Waals surface area contributed by atoms with E-state index in [9.17, 15) is 5.11 Å². The van der Waals surface area contributed by atoms with Gasteiger partial charge in [0, 0.05) is 17.0 Å². The second-order valence-electron chi connectivity index (χ2n) is 6.98. The Labute approximate surface area is 148 Å². The fourth-order valence-electron chi connectivity index (χ4n) is 3.68. The zero-order chi connectivity index (χ0) is 17.2. The normalized spacial score (nSPS) is 19.0. The minimum Gasteiger partial charge on any atom is -0.387 e. The highest BCUT2D eigenvalue weighted by Gasteiger charge is 2.25. The SMILES string of the molecule is Cc1ccc(-c2cc([C@@H](O)[C@H]3CCCCN3)c3ccccc3n2)cc1. The van der Waals surface area contributed by atoms with Crippen LogP contribution in [0.3, 0.4) is 0 Å². The van der Waals surface area contributed by atoms with Gasteiger partial charge >= 0.3 is 0 Å². The van der Waals surface area contributed by atoms with E-state index in [2.05, 4.69) is 48.6 Å². The Bertz CT molecular complexity index is 867. The Morgan fingerprint density at radius 3 is 2.64 bits per heavy atom. The van der Waals surface area contributed by atoms with Crippen LogP contribution in [0.2, 0.25) is 0 Å². The van der Waals surface area contributed by atoms with Crippen LogP contribution in [0.5, 0.6) is 0 Å². The van der Waals surface area contributed by atoms with E-state index in [1.54, 1.807) is 0 Å². The van der Waals surface area contributed by atoms with Gasteiger partial charge in [-0.05, 0) is 44.0 Å². The van der Waals surface area contributed by atoms with Gasteiger partial charge in [0.05, 0.1) is 17.3 Å². The second-order valence-corrected chi connectivity index (χ2v) is 6.98. The highest BCUT2D eigenvalue weighted by Crippen LogP contribution is 2.32. The first-order valence-electron chi connectivity index (χ1n) is 9.10. The number of nitrogens with zero attached hydrogens (tertiary/aromatic N) is 1. The molecule has 3 heteroatoms. The number of hydrogen-bond acceptors (Lipinski definition) is 3. The van der Waals surface area contributed by atoms with E-state index in [0.29, 0.717) is 0 Å². The number of rotatable bonds is 3. The molecule has 1 fully saturated rings. The first-order chi connectivity index (χ1) is 12.2. The molecule has 1 aromatic heterocycles. The van der Waals surface area contributed by atoms with Crippen molar-refractivity contribution in [3.05, 3.63) is 65.7 Å². The van der Waals surface area contributed by atoms with Gasteiger partial charge in [-0.25, -0.2) is 4.98 Å². The van der Waals surface area contributed by atoms with Crippen LogP contribution < -0.4 is 5.32 Å². The molecule has 0 unspecified atom stereocenters. The maximum Gasteiger partial charge on any atom is 0.0950 e. The first-order valence-corrected chi connectivity index (χ1v) is 9.10. The topological polar surface area (TPSA) is 45.1 Å². The van der Waals surface area contributed by atoms with Gasteiger partial charge in [-0.1, -0.05) is 54.4 Å². The highest BCUT2D eigenvalue weighted by atomic mass is 16.3. The number of para-hydroxylation sites is 1. The maximum atomic E-state index is 11.1. The summed E-state index contributed by atoms with van der Waals surface area (Å²) in [5.74, 6) is 0. The van der Waals surface area contributed by atoms with Crippen LogP contribution in [0.25, 0.3) is 22.2 Å². The first kappa shape index (κ1) is 16.2. The summed E-state index contributed by atoms with van der Waals surface area (Å²) in [7, 11) is 0. The van der Waals surface area contributed by atoms with Crippen LogP contribution in [0.4, 0.5) is 0 Å². The van der Waals surface area contributed by atoms with Crippen LogP contribution in [-0.2, 0) is 0 Å². The quantitative estimate of drug-likeness (QED) is 0.748. The molecule has 2 heterocycles. The minimum atomic E-state index is -0.516. The molecule has 1 aliphatic rings. The third kappa shape index (κ3) is 3.30. The summed E-state index contributed by atoms with van der Waals surface area (Å²) in [6, 6.07) is 18.7.